The number of rotatable bonds is 5. The summed E-state index contributed by atoms with van der Waals surface area (Å²) in [6.45, 7) is 2.35. The van der Waals surface area contributed by atoms with Crippen molar-refractivity contribution in [3.05, 3.63) is 45.8 Å². The first-order chi connectivity index (χ1) is 14.1. The number of amides is 2. The minimum absolute atomic E-state index is 0.110. The Kier molecular flexibility index (Phi) is 6.86. The number of halogens is 1. The highest BCUT2D eigenvalue weighted by Crippen LogP contribution is 2.30. The topological polar surface area (TPSA) is 86.8 Å². The lowest BCUT2D eigenvalue weighted by Gasteiger charge is -2.30. The largest absolute Gasteiger partial charge is 0.345 e. The highest BCUT2D eigenvalue weighted by atomic mass is 35.5. The third-order valence-electron chi connectivity index (χ3n) is 4.94. The van der Waals surface area contributed by atoms with E-state index in [0.29, 0.717) is 39.9 Å². The summed E-state index contributed by atoms with van der Waals surface area (Å²) >= 11 is 7.43. The van der Waals surface area contributed by atoms with Crippen LogP contribution in [0.5, 0.6) is 0 Å². The van der Waals surface area contributed by atoms with Crippen molar-refractivity contribution in [2.45, 2.75) is 24.0 Å². The van der Waals surface area contributed by atoms with Crippen LogP contribution in [0.25, 0.3) is 0 Å². The fourth-order valence-electron chi connectivity index (χ4n) is 3.30. The van der Waals surface area contributed by atoms with Crippen molar-refractivity contribution in [2.75, 3.05) is 32.5 Å². The number of nitrogens with zero attached hydrogens (tertiary/aromatic N) is 2. The van der Waals surface area contributed by atoms with E-state index in [1.807, 2.05) is 6.92 Å². The van der Waals surface area contributed by atoms with Crippen molar-refractivity contribution < 1.29 is 18.0 Å². The molecular weight excluding hydrogens is 446 g/mol. The average molecular weight is 470 g/mol. The summed E-state index contributed by atoms with van der Waals surface area (Å²) in [7, 11) is -0.340. The number of nitrogens with one attached hydrogen (secondary N) is 1. The van der Waals surface area contributed by atoms with Gasteiger partial charge in [-0.1, -0.05) is 11.6 Å². The maximum Gasteiger partial charge on any atom is 0.253 e. The van der Waals surface area contributed by atoms with Gasteiger partial charge in [-0.25, -0.2) is 8.42 Å². The molecule has 162 valence electrons. The molecule has 1 atom stereocenters. The number of anilines is 1. The molecule has 7 nitrogen and oxygen atoms in total. The molecule has 30 heavy (non-hydrogen) atoms. The Hall–Kier alpha value is -1.94. The van der Waals surface area contributed by atoms with E-state index in [0.717, 1.165) is 4.88 Å². The molecule has 0 bridgehead atoms. The lowest BCUT2D eigenvalue weighted by molar-refractivity contribution is -0.120. The molecule has 0 spiro atoms. The number of benzene rings is 1. The van der Waals surface area contributed by atoms with Crippen LogP contribution >= 0.6 is 22.9 Å². The van der Waals surface area contributed by atoms with Crippen LogP contribution in [0.15, 0.2) is 34.5 Å². The maximum atomic E-state index is 12.9. The first-order valence-corrected chi connectivity index (χ1v) is 12.1. The number of carbonyl (C=O) groups excluding carboxylic acids is 2. The Balaban J connectivity index is 1.75. The second-order valence-electron chi connectivity index (χ2n) is 7.45. The van der Waals surface area contributed by atoms with Gasteiger partial charge in [0.2, 0.25) is 5.91 Å². The number of hydrogen-bond acceptors (Lipinski definition) is 5. The zero-order valence-corrected chi connectivity index (χ0v) is 19.4. The van der Waals surface area contributed by atoms with E-state index in [1.165, 1.54) is 26.6 Å². The quantitative estimate of drug-likeness (QED) is 0.726. The molecular formula is C20H24ClN3O4S2. The van der Waals surface area contributed by atoms with Crippen LogP contribution in [-0.4, -0.2) is 56.6 Å². The first kappa shape index (κ1) is 22.7. The first-order valence-electron chi connectivity index (χ1n) is 9.48. The summed E-state index contributed by atoms with van der Waals surface area (Å²) in [6, 6.07) is 8.07. The second-order valence-corrected chi connectivity index (χ2v) is 11.3. The van der Waals surface area contributed by atoms with E-state index in [-0.39, 0.29) is 18.4 Å². The molecule has 2 heterocycles. The smallest absolute Gasteiger partial charge is 0.253 e. The Labute approximate surface area is 185 Å². The van der Waals surface area contributed by atoms with E-state index < -0.39 is 15.9 Å². The third-order valence-corrected chi connectivity index (χ3v) is 8.60. The van der Waals surface area contributed by atoms with Gasteiger partial charge < -0.3 is 10.2 Å². The zero-order chi connectivity index (χ0) is 22.1. The van der Waals surface area contributed by atoms with Crippen LogP contribution in [0.1, 0.15) is 28.1 Å². The Morgan fingerprint density at radius 1 is 1.23 bits per heavy atom. The van der Waals surface area contributed by atoms with Gasteiger partial charge >= 0.3 is 0 Å². The Morgan fingerprint density at radius 3 is 2.60 bits per heavy atom. The molecule has 0 aliphatic carbocycles. The van der Waals surface area contributed by atoms with Crippen LogP contribution in [0.4, 0.5) is 5.69 Å². The normalized spacial score (nSPS) is 17.5. The standard InChI is InChI=1S/C20H24ClN3O4S2/c1-13-6-9-18(29-13)30(27,28)24-10-4-5-15(12-24)19(25)22-17-11-14(7-8-16(17)21)20(26)23(2)3/h6-9,11,15H,4-5,10,12H2,1-3H3,(H,22,25). The molecule has 1 aromatic heterocycles. The highest BCUT2D eigenvalue weighted by molar-refractivity contribution is 7.91. The highest BCUT2D eigenvalue weighted by Gasteiger charge is 2.34. The number of thiophene rings is 1. The predicted octanol–water partition coefficient (Wildman–Crippen LogP) is 3.45. The van der Waals surface area contributed by atoms with Gasteiger partial charge in [0.25, 0.3) is 15.9 Å². The van der Waals surface area contributed by atoms with E-state index in [4.69, 9.17) is 11.6 Å². The van der Waals surface area contributed by atoms with Gasteiger partial charge in [0.1, 0.15) is 4.21 Å². The minimum Gasteiger partial charge on any atom is -0.345 e. The lowest BCUT2D eigenvalue weighted by Crippen LogP contribution is -2.43. The predicted molar refractivity (Wildman–Crippen MR) is 119 cm³/mol. The second kappa shape index (κ2) is 9.05. The Morgan fingerprint density at radius 2 is 1.97 bits per heavy atom. The molecule has 0 radical (unpaired) electrons. The van der Waals surface area contributed by atoms with Crippen molar-refractivity contribution in [2.24, 2.45) is 5.92 Å². The molecule has 1 unspecified atom stereocenters. The minimum atomic E-state index is -3.62. The molecule has 3 rings (SSSR count). The number of sulfonamides is 1. The van der Waals surface area contributed by atoms with Crippen LogP contribution in [-0.2, 0) is 14.8 Å². The lowest BCUT2D eigenvalue weighted by atomic mass is 9.98. The Bertz CT molecular complexity index is 1070. The summed E-state index contributed by atoms with van der Waals surface area (Å²) in [5.41, 5.74) is 0.740. The van der Waals surface area contributed by atoms with Gasteiger partial charge in [-0.2, -0.15) is 4.31 Å². The maximum absolute atomic E-state index is 12.9. The molecule has 0 saturated carbocycles. The molecule has 1 fully saturated rings. The van der Waals surface area contributed by atoms with Crippen molar-refractivity contribution >= 4 is 50.5 Å². The molecule has 1 aliphatic heterocycles. The summed E-state index contributed by atoms with van der Waals surface area (Å²) < 4.78 is 27.5. The monoisotopic (exact) mass is 469 g/mol. The third kappa shape index (κ3) is 4.85. The van der Waals surface area contributed by atoms with E-state index in [1.54, 1.807) is 38.4 Å². The summed E-state index contributed by atoms with van der Waals surface area (Å²) in [4.78, 5) is 27.4. The molecule has 1 saturated heterocycles. The zero-order valence-electron chi connectivity index (χ0n) is 17.0. The van der Waals surface area contributed by atoms with Crippen LogP contribution in [0, 0.1) is 12.8 Å². The van der Waals surface area contributed by atoms with Gasteiger partial charge in [-0.15, -0.1) is 11.3 Å². The van der Waals surface area contributed by atoms with Gasteiger partial charge in [0.15, 0.2) is 0 Å². The van der Waals surface area contributed by atoms with Crippen molar-refractivity contribution in [3.8, 4) is 0 Å². The molecule has 1 aliphatic rings. The fourth-order valence-corrected chi connectivity index (χ4v) is 6.43. The molecule has 2 aromatic rings. The average Bonchev–Trinajstić information content (AvgIpc) is 3.16. The van der Waals surface area contributed by atoms with Crippen molar-refractivity contribution in [3.63, 3.8) is 0 Å². The van der Waals surface area contributed by atoms with Crippen LogP contribution < -0.4 is 5.32 Å². The van der Waals surface area contributed by atoms with E-state index in [9.17, 15) is 18.0 Å². The van der Waals surface area contributed by atoms with Crippen LogP contribution in [0.2, 0.25) is 5.02 Å². The number of carbonyl (C=O) groups is 2. The van der Waals surface area contributed by atoms with Gasteiger partial charge in [0.05, 0.1) is 16.6 Å². The SMILES string of the molecule is Cc1ccc(S(=O)(=O)N2CCCC(C(=O)Nc3cc(C(=O)N(C)C)ccc3Cl)C2)s1. The van der Waals surface area contributed by atoms with E-state index >= 15 is 0 Å². The number of hydrogen-bond donors (Lipinski definition) is 1. The molecule has 1 aromatic carbocycles. The summed E-state index contributed by atoms with van der Waals surface area (Å²) in [5.74, 6) is -1.02. The fraction of sp³-hybridized carbons (Fsp3) is 0.400. The molecule has 10 heteroatoms. The van der Waals surface area contributed by atoms with Crippen molar-refractivity contribution in [1.29, 1.82) is 0 Å². The van der Waals surface area contributed by atoms with Gasteiger partial charge in [-0.3, -0.25) is 9.59 Å². The summed E-state index contributed by atoms with van der Waals surface area (Å²) in [6.07, 6.45) is 1.17. The molecule has 2 amide bonds. The number of piperidine rings is 1. The van der Waals surface area contributed by atoms with Crippen molar-refractivity contribution in [1.82, 2.24) is 9.21 Å². The van der Waals surface area contributed by atoms with Gasteiger partial charge in [-0.05, 0) is 50.1 Å². The van der Waals surface area contributed by atoms with Crippen LogP contribution in [0.3, 0.4) is 0 Å². The summed E-state index contributed by atoms with van der Waals surface area (Å²) in [5, 5.41) is 3.08. The molecule has 1 N–H and O–H groups in total. The number of aryl methyl sites for hydroxylation is 1. The van der Waals surface area contributed by atoms with E-state index in [2.05, 4.69) is 5.32 Å². The van der Waals surface area contributed by atoms with Gasteiger partial charge in [0, 0.05) is 37.6 Å².